The van der Waals surface area contributed by atoms with Crippen LogP contribution in [0.2, 0.25) is 0 Å². The molecule has 0 amide bonds. The molecule has 0 aromatic rings. The van der Waals surface area contributed by atoms with Crippen LogP contribution in [0.1, 0.15) is 71.6 Å². The molecular weight excluding hydrogens is 272 g/mol. The average Bonchev–Trinajstić information content (AvgIpc) is 2.84. The summed E-state index contributed by atoms with van der Waals surface area (Å²) in [6.07, 6.45) is 10.0. The molecular formula is C20H30O2. The minimum atomic E-state index is -0.155. The summed E-state index contributed by atoms with van der Waals surface area (Å²) >= 11 is 0. The summed E-state index contributed by atoms with van der Waals surface area (Å²) in [5.41, 5.74) is 3.57. The summed E-state index contributed by atoms with van der Waals surface area (Å²) < 4.78 is 0. The molecule has 0 aromatic carbocycles. The summed E-state index contributed by atoms with van der Waals surface area (Å²) in [7, 11) is 0. The number of aliphatic hydroxyl groups excluding tert-OH is 1. The lowest BCUT2D eigenvalue weighted by Gasteiger charge is -2.52. The van der Waals surface area contributed by atoms with E-state index < -0.39 is 0 Å². The lowest BCUT2D eigenvalue weighted by molar-refractivity contribution is -0.119. The van der Waals surface area contributed by atoms with E-state index >= 15 is 0 Å². The second kappa shape index (κ2) is 5.19. The number of carbonyl (C=O) groups excluding carboxylic acids is 1. The molecule has 2 fully saturated rings. The minimum Gasteiger partial charge on any atom is -0.393 e. The number of aliphatic hydroxyl groups is 1. The van der Waals surface area contributed by atoms with Gasteiger partial charge in [0.05, 0.1) is 6.10 Å². The van der Waals surface area contributed by atoms with Crippen LogP contribution in [0.5, 0.6) is 0 Å². The Kier molecular flexibility index (Phi) is 3.52. The van der Waals surface area contributed by atoms with E-state index in [-0.39, 0.29) is 6.10 Å². The van der Waals surface area contributed by atoms with Crippen LogP contribution in [0.25, 0.3) is 0 Å². The number of carbonyl (C=O) groups is 1. The third kappa shape index (κ3) is 2.06. The van der Waals surface area contributed by atoms with Gasteiger partial charge in [0.15, 0.2) is 0 Å². The standard InChI is InChI=1S/C20H30O2/c1-12(21)18-7-8-19-17-5-3-13-11-14(22)4-6-15(13)16(17)9-10-20(18,19)2/h12,16-19,21H,3-11H2,1-2H3/t12-,16+,17+,18+,19+,20+/m0/s1. The van der Waals surface area contributed by atoms with E-state index in [0.29, 0.717) is 17.1 Å². The van der Waals surface area contributed by atoms with Gasteiger partial charge in [0.25, 0.3) is 0 Å². The molecule has 0 bridgehead atoms. The Hall–Kier alpha value is -0.630. The van der Waals surface area contributed by atoms with E-state index in [1.807, 2.05) is 6.92 Å². The SMILES string of the molecule is C[C@H](O)[C@H]1CC[C@@H]2[C@@H]3CCC4=C(CCC(=O)C4)[C@H]3CC[C@@]21C. The summed E-state index contributed by atoms with van der Waals surface area (Å²) in [5, 5.41) is 10.2. The number of allylic oxidation sites excluding steroid dienone is 2. The first-order chi connectivity index (χ1) is 10.5. The zero-order valence-electron chi connectivity index (χ0n) is 14.1. The van der Waals surface area contributed by atoms with Crippen molar-refractivity contribution in [1.82, 2.24) is 0 Å². The van der Waals surface area contributed by atoms with Gasteiger partial charge in [-0.1, -0.05) is 18.1 Å². The van der Waals surface area contributed by atoms with Crippen molar-refractivity contribution in [1.29, 1.82) is 0 Å². The molecule has 0 radical (unpaired) electrons. The van der Waals surface area contributed by atoms with Crippen molar-refractivity contribution in [3.8, 4) is 0 Å². The van der Waals surface area contributed by atoms with Crippen LogP contribution >= 0.6 is 0 Å². The van der Waals surface area contributed by atoms with Gasteiger partial charge >= 0.3 is 0 Å². The van der Waals surface area contributed by atoms with Gasteiger partial charge < -0.3 is 5.11 Å². The number of Topliss-reactive ketones (excluding diaryl/α,β-unsaturated/α-hetero) is 1. The number of ketones is 1. The molecule has 4 aliphatic rings. The first kappa shape index (κ1) is 14.9. The molecule has 22 heavy (non-hydrogen) atoms. The molecule has 4 rings (SSSR count). The fraction of sp³-hybridized carbons (Fsp3) is 0.850. The second-order valence-corrected chi connectivity index (χ2v) is 8.73. The first-order valence-electron chi connectivity index (χ1n) is 9.41. The van der Waals surface area contributed by atoms with Gasteiger partial charge in [-0.3, -0.25) is 4.79 Å². The Labute approximate surface area is 134 Å². The van der Waals surface area contributed by atoms with Gasteiger partial charge in [-0.2, -0.15) is 0 Å². The third-order valence-electron chi connectivity index (χ3n) is 7.86. The van der Waals surface area contributed by atoms with Crippen LogP contribution in [-0.4, -0.2) is 17.0 Å². The van der Waals surface area contributed by atoms with Crippen LogP contribution in [0, 0.1) is 29.1 Å². The van der Waals surface area contributed by atoms with Crippen molar-refractivity contribution in [3.05, 3.63) is 11.1 Å². The first-order valence-corrected chi connectivity index (χ1v) is 9.41. The van der Waals surface area contributed by atoms with E-state index in [9.17, 15) is 9.90 Å². The molecule has 0 heterocycles. The molecule has 122 valence electrons. The molecule has 2 nitrogen and oxygen atoms in total. The van der Waals surface area contributed by atoms with Crippen molar-refractivity contribution < 1.29 is 9.90 Å². The van der Waals surface area contributed by atoms with E-state index in [2.05, 4.69) is 6.92 Å². The molecule has 2 heteroatoms. The number of hydrogen-bond acceptors (Lipinski definition) is 2. The predicted molar refractivity (Wildman–Crippen MR) is 87.3 cm³/mol. The molecule has 1 N–H and O–H groups in total. The highest BCUT2D eigenvalue weighted by atomic mass is 16.3. The van der Waals surface area contributed by atoms with Crippen molar-refractivity contribution >= 4 is 5.78 Å². The normalized spacial score (nSPS) is 46.0. The Bertz CT molecular complexity index is 518. The Morgan fingerprint density at radius 1 is 1.14 bits per heavy atom. The minimum absolute atomic E-state index is 0.155. The zero-order valence-corrected chi connectivity index (χ0v) is 14.1. The van der Waals surface area contributed by atoms with Crippen molar-refractivity contribution in [2.24, 2.45) is 29.1 Å². The molecule has 2 saturated carbocycles. The maximum absolute atomic E-state index is 11.8. The summed E-state index contributed by atoms with van der Waals surface area (Å²) in [5.74, 6) is 3.37. The topological polar surface area (TPSA) is 37.3 Å². The molecule has 0 spiro atoms. The van der Waals surface area contributed by atoms with Crippen molar-refractivity contribution in [2.75, 3.05) is 0 Å². The largest absolute Gasteiger partial charge is 0.393 e. The van der Waals surface area contributed by atoms with Crippen molar-refractivity contribution in [2.45, 2.75) is 77.7 Å². The highest BCUT2D eigenvalue weighted by Gasteiger charge is 2.55. The van der Waals surface area contributed by atoms with Crippen molar-refractivity contribution in [3.63, 3.8) is 0 Å². The number of rotatable bonds is 1. The monoisotopic (exact) mass is 302 g/mol. The maximum Gasteiger partial charge on any atom is 0.137 e. The van der Waals surface area contributed by atoms with Crippen LogP contribution < -0.4 is 0 Å². The molecule has 6 atom stereocenters. The van der Waals surface area contributed by atoms with Crippen LogP contribution in [-0.2, 0) is 4.79 Å². The van der Waals surface area contributed by atoms with Gasteiger partial charge in [-0.15, -0.1) is 0 Å². The van der Waals surface area contributed by atoms with Gasteiger partial charge in [0.1, 0.15) is 5.78 Å². The lowest BCUT2D eigenvalue weighted by Crippen LogP contribution is -2.45. The van der Waals surface area contributed by atoms with Gasteiger partial charge in [0, 0.05) is 12.8 Å². The van der Waals surface area contributed by atoms with Gasteiger partial charge in [-0.05, 0) is 81.0 Å². The summed E-state index contributed by atoms with van der Waals surface area (Å²) in [4.78, 5) is 11.8. The molecule has 4 aliphatic carbocycles. The maximum atomic E-state index is 11.8. The quantitative estimate of drug-likeness (QED) is 0.734. The third-order valence-corrected chi connectivity index (χ3v) is 7.86. The second-order valence-electron chi connectivity index (χ2n) is 8.73. The van der Waals surface area contributed by atoms with Gasteiger partial charge in [-0.25, -0.2) is 0 Å². The number of hydrogen-bond donors (Lipinski definition) is 1. The van der Waals surface area contributed by atoms with E-state index in [1.54, 1.807) is 5.57 Å². The lowest BCUT2D eigenvalue weighted by atomic mass is 9.53. The van der Waals surface area contributed by atoms with Gasteiger partial charge in [0.2, 0.25) is 0 Å². The van der Waals surface area contributed by atoms with E-state index in [4.69, 9.17) is 0 Å². The molecule has 0 unspecified atom stereocenters. The fourth-order valence-corrected chi connectivity index (χ4v) is 6.88. The van der Waals surface area contributed by atoms with Crippen LogP contribution in [0.3, 0.4) is 0 Å². The Morgan fingerprint density at radius 3 is 2.73 bits per heavy atom. The fourth-order valence-electron chi connectivity index (χ4n) is 6.88. The highest BCUT2D eigenvalue weighted by molar-refractivity contribution is 5.82. The van der Waals surface area contributed by atoms with E-state index in [1.165, 1.54) is 44.1 Å². The number of fused-ring (bicyclic) bond motifs is 4. The van der Waals surface area contributed by atoms with E-state index in [0.717, 1.165) is 37.0 Å². The Morgan fingerprint density at radius 2 is 1.95 bits per heavy atom. The zero-order chi connectivity index (χ0) is 15.5. The summed E-state index contributed by atoms with van der Waals surface area (Å²) in [6.45, 7) is 4.46. The predicted octanol–water partition coefficient (Wildman–Crippen LogP) is 4.27. The van der Waals surface area contributed by atoms with Crippen LogP contribution in [0.15, 0.2) is 11.1 Å². The summed E-state index contributed by atoms with van der Waals surface area (Å²) in [6, 6.07) is 0. The molecule has 0 saturated heterocycles. The molecule has 0 aromatic heterocycles. The van der Waals surface area contributed by atoms with Crippen LogP contribution in [0.4, 0.5) is 0 Å². The Balaban J connectivity index is 1.62. The average molecular weight is 302 g/mol. The molecule has 0 aliphatic heterocycles. The highest BCUT2D eigenvalue weighted by Crippen LogP contribution is 2.63. The smallest absolute Gasteiger partial charge is 0.137 e.